The molecule has 1 N–H and O–H groups in total. The minimum atomic E-state index is -0.675. The van der Waals surface area contributed by atoms with Crippen molar-refractivity contribution in [1.29, 1.82) is 0 Å². The molecule has 0 atom stereocenters. The number of rotatable bonds is 5. The van der Waals surface area contributed by atoms with E-state index in [2.05, 4.69) is 60.4 Å². The van der Waals surface area contributed by atoms with Gasteiger partial charge in [-0.25, -0.2) is 0 Å². The van der Waals surface area contributed by atoms with Crippen LogP contribution >= 0.6 is 11.3 Å². The highest BCUT2D eigenvalue weighted by molar-refractivity contribution is 7.19. The second-order valence-electron chi connectivity index (χ2n) is 6.68. The van der Waals surface area contributed by atoms with Crippen LogP contribution in [0.1, 0.15) is 17.4 Å². The van der Waals surface area contributed by atoms with Crippen LogP contribution in [0.15, 0.2) is 48.5 Å². The molecule has 1 fully saturated rings. The molecule has 0 radical (unpaired) electrons. The Labute approximate surface area is 151 Å². The van der Waals surface area contributed by atoms with Gasteiger partial charge < -0.3 is 5.11 Å². The lowest BCUT2D eigenvalue weighted by molar-refractivity contribution is -0.147. The molecule has 0 spiro atoms. The van der Waals surface area contributed by atoms with Crippen molar-refractivity contribution in [3.63, 3.8) is 0 Å². The first-order valence-corrected chi connectivity index (χ1v) is 9.52. The smallest absolute Gasteiger partial charge is 0.309 e. The number of carboxylic acid groups (broad SMARTS) is 1. The third-order valence-electron chi connectivity index (χ3n) is 4.97. The van der Waals surface area contributed by atoms with Gasteiger partial charge in [-0.2, -0.15) is 0 Å². The minimum Gasteiger partial charge on any atom is -0.481 e. The molecule has 2 aromatic carbocycles. The first kappa shape index (κ1) is 16.3. The molecule has 1 saturated heterocycles. The van der Waals surface area contributed by atoms with Crippen molar-refractivity contribution in [2.75, 3.05) is 13.1 Å². The monoisotopic (exact) mass is 351 g/mol. The van der Waals surface area contributed by atoms with E-state index in [4.69, 9.17) is 5.11 Å². The largest absolute Gasteiger partial charge is 0.481 e. The molecule has 0 aliphatic carbocycles. The molecule has 25 heavy (non-hydrogen) atoms. The average molecular weight is 351 g/mol. The van der Waals surface area contributed by atoms with E-state index in [1.807, 2.05) is 11.3 Å². The zero-order chi connectivity index (χ0) is 17.4. The molecule has 0 unspecified atom stereocenters. The molecule has 0 amide bonds. The highest BCUT2D eigenvalue weighted by Gasteiger charge is 2.32. The van der Waals surface area contributed by atoms with Crippen molar-refractivity contribution < 1.29 is 9.90 Å². The summed E-state index contributed by atoms with van der Waals surface area (Å²) in [4.78, 5) is 14.5. The van der Waals surface area contributed by atoms with Gasteiger partial charge in [0, 0.05) is 29.2 Å². The molecule has 1 aliphatic rings. The number of fused-ring (bicyclic) bond motifs is 1. The highest BCUT2D eigenvalue weighted by atomic mass is 32.1. The molecule has 4 rings (SSSR count). The molecule has 4 heteroatoms. The van der Waals surface area contributed by atoms with Crippen molar-refractivity contribution in [3.8, 4) is 11.1 Å². The lowest BCUT2D eigenvalue weighted by atomic mass is 9.97. The number of aliphatic carboxylic acids is 1. The summed E-state index contributed by atoms with van der Waals surface area (Å²) in [7, 11) is 0. The Kier molecular flexibility index (Phi) is 4.32. The minimum absolute atomic E-state index is 0.193. The summed E-state index contributed by atoms with van der Waals surface area (Å²) >= 11 is 1.84. The Hall–Kier alpha value is -2.17. The van der Waals surface area contributed by atoms with Crippen LogP contribution in [-0.4, -0.2) is 29.1 Å². The van der Waals surface area contributed by atoms with Gasteiger partial charge >= 0.3 is 5.97 Å². The lowest BCUT2D eigenvalue weighted by Crippen LogP contribution is -2.49. The molecular weight excluding hydrogens is 330 g/mol. The fourth-order valence-electron chi connectivity index (χ4n) is 3.57. The van der Waals surface area contributed by atoms with Crippen molar-refractivity contribution in [3.05, 3.63) is 59.0 Å². The van der Waals surface area contributed by atoms with E-state index < -0.39 is 5.97 Å². The third kappa shape index (κ3) is 3.08. The number of hydrogen-bond donors (Lipinski definition) is 1. The summed E-state index contributed by atoms with van der Waals surface area (Å²) in [5.74, 6) is -0.868. The molecular formula is C21H21NO2S. The topological polar surface area (TPSA) is 40.5 Å². The van der Waals surface area contributed by atoms with Crippen molar-refractivity contribution in [1.82, 2.24) is 4.90 Å². The van der Waals surface area contributed by atoms with Gasteiger partial charge in [0.1, 0.15) is 0 Å². The average Bonchev–Trinajstić information content (AvgIpc) is 3.00. The first-order valence-electron chi connectivity index (χ1n) is 8.70. The van der Waals surface area contributed by atoms with E-state index in [9.17, 15) is 4.79 Å². The Morgan fingerprint density at radius 3 is 2.68 bits per heavy atom. The summed E-state index contributed by atoms with van der Waals surface area (Å²) in [5.41, 5.74) is 3.99. The molecule has 2 heterocycles. The summed E-state index contributed by atoms with van der Waals surface area (Å²) in [6.45, 7) is 4.36. The summed E-state index contributed by atoms with van der Waals surface area (Å²) in [5, 5.41) is 10.3. The summed E-state index contributed by atoms with van der Waals surface area (Å²) in [6.07, 6.45) is 1.02. The van der Waals surface area contributed by atoms with E-state index in [0.717, 1.165) is 13.0 Å². The predicted molar refractivity (Wildman–Crippen MR) is 103 cm³/mol. The van der Waals surface area contributed by atoms with Crippen LogP contribution in [0.2, 0.25) is 0 Å². The molecule has 0 saturated carbocycles. The quantitative estimate of drug-likeness (QED) is 0.727. The summed E-state index contributed by atoms with van der Waals surface area (Å²) in [6, 6.07) is 17.4. The Balaban J connectivity index is 1.64. The molecule has 0 bridgehead atoms. The van der Waals surface area contributed by atoms with E-state index in [0.29, 0.717) is 13.1 Å². The maximum absolute atomic E-state index is 11.0. The number of aryl methyl sites for hydroxylation is 1. The predicted octanol–water partition coefficient (Wildman–Crippen LogP) is 4.65. The molecule has 1 aliphatic heterocycles. The van der Waals surface area contributed by atoms with Gasteiger partial charge in [-0.1, -0.05) is 49.4 Å². The maximum atomic E-state index is 11.0. The van der Waals surface area contributed by atoms with Gasteiger partial charge in [-0.05, 0) is 34.6 Å². The number of carbonyl (C=O) groups is 1. The van der Waals surface area contributed by atoms with Gasteiger partial charge in [-0.15, -0.1) is 11.3 Å². The van der Waals surface area contributed by atoms with Crippen LogP contribution in [0.25, 0.3) is 21.2 Å². The van der Waals surface area contributed by atoms with Crippen molar-refractivity contribution in [2.24, 2.45) is 5.92 Å². The van der Waals surface area contributed by atoms with Gasteiger partial charge in [0.2, 0.25) is 0 Å². The van der Waals surface area contributed by atoms with E-state index >= 15 is 0 Å². The van der Waals surface area contributed by atoms with Crippen molar-refractivity contribution in [2.45, 2.75) is 19.9 Å². The lowest BCUT2D eigenvalue weighted by Gasteiger charge is -2.36. The Morgan fingerprint density at radius 1 is 1.16 bits per heavy atom. The van der Waals surface area contributed by atoms with E-state index in [1.54, 1.807) is 0 Å². The number of thiophene rings is 1. The number of carboxylic acids is 1. The van der Waals surface area contributed by atoms with E-state index in [1.165, 1.54) is 31.7 Å². The third-order valence-corrected chi connectivity index (χ3v) is 6.14. The fraction of sp³-hybridized carbons (Fsp3) is 0.286. The molecule has 128 valence electrons. The Bertz CT molecular complexity index is 925. The van der Waals surface area contributed by atoms with Crippen molar-refractivity contribution >= 4 is 27.4 Å². The second kappa shape index (κ2) is 6.62. The zero-order valence-corrected chi connectivity index (χ0v) is 15.1. The highest BCUT2D eigenvalue weighted by Crippen LogP contribution is 2.37. The first-order chi connectivity index (χ1) is 12.2. The van der Waals surface area contributed by atoms with E-state index in [-0.39, 0.29) is 5.92 Å². The normalized spacial score (nSPS) is 15.4. The van der Waals surface area contributed by atoms with Crippen LogP contribution in [0, 0.1) is 5.92 Å². The number of benzene rings is 2. The van der Waals surface area contributed by atoms with Gasteiger partial charge in [0.25, 0.3) is 0 Å². The number of likely N-dealkylation sites (tertiary alicyclic amines) is 1. The second-order valence-corrected chi connectivity index (χ2v) is 7.81. The number of hydrogen-bond acceptors (Lipinski definition) is 3. The van der Waals surface area contributed by atoms with Crippen LogP contribution in [0.5, 0.6) is 0 Å². The van der Waals surface area contributed by atoms with Gasteiger partial charge in [-0.3, -0.25) is 9.69 Å². The van der Waals surface area contributed by atoms with Crippen LogP contribution in [0.4, 0.5) is 0 Å². The molecule has 3 aromatic rings. The maximum Gasteiger partial charge on any atom is 0.309 e. The van der Waals surface area contributed by atoms with Crippen LogP contribution in [-0.2, 0) is 17.8 Å². The molecule has 3 nitrogen and oxygen atoms in total. The van der Waals surface area contributed by atoms with Gasteiger partial charge in [0.15, 0.2) is 0 Å². The fourth-order valence-corrected chi connectivity index (χ4v) is 4.80. The SMILES string of the molecule is CCc1ccccc1-c1cccc2cc(CN3CC(C(=O)O)C3)sc12. The Morgan fingerprint density at radius 2 is 1.92 bits per heavy atom. The number of nitrogens with zero attached hydrogens (tertiary/aromatic N) is 1. The van der Waals surface area contributed by atoms with Crippen LogP contribution < -0.4 is 0 Å². The zero-order valence-electron chi connectivity index (χ0n) is 14.2. The summed E-state index contributed by atoms with van der Waals surface area (Å²) < 4.78 is 1.33. The van der Waals surface area contributed by atoms with Crippen LogP contribution in [0.3, 0.4) is 0 Å². The standard InChI is InChI=1S/C21H21NO2S/c1-2-14-6-3-4-8-18(14)19-9-5-7-15-10-17(25-20(15)19)13-22-11-16(12-22)21(23)24/h3-10,16H,2,11-13H2,1H3,(H,23,24). The molecule has 1 aromatic heterocycles. The van der Waals surface area contributed by atoms with Gasteiger partial charge in [0.05, 0.1) is 5.92 Å².